The number of halogens is 2. The molecule has 0 saturated carbocycles. The van der Waals surface area contributed by atoms with E-state index < -0.39 is 0 Å². The second kappa shape index (κ2) is 5.99. The second-order valence-electron chi connectivity index (χ2n) is 3.74. The lowest BCUT2D eigenvalue weighted by atomic mass is 10.1. The van der Waals surface area contributed by atoms with Crippen LogP contribution in [0.1, 0.15) is 17.4 Å². The van der Waals surface area contributed by atoms with Gasteiger partial charge in [0.05, 0.1) is 10.5 Å². The highest BCUT2D eigenvalue weighted by Crippen LogP contribution is 2.24. The molecule has 1 unspecified atom stereocenters. The molecule has 0 spiro atoms. The highest BCUT2D eigenvalue weighted by Gasteiger charge is 2.15. The molecule has 0 amide bonds. The molecule has 4 nitrogen and oxygen atoms in total. The highest BCUT2D eigenvalue weighted by atomic mass is 79.9. The van der Waals surface area contributed by atoms with Gasteiger partial charge in [-0.1, -0.05) is 12.1 Å². The number of nitrogens with two attached hydrogens (primary N) is 1. The quantitative estimate of drug-likeness (QED) is 0.671. The maximum atomic E-state index is 13.4. The third-order valence-electron chi connectivity index (χ3n) is 2.55. The van der Waals surface area contributed by atoms with Crippen LogP contribution in [0, 0.1) is 5.82 Å². The van der Waals surface area contributed by atoms with Gasteiger partial charge < -0.3 is 0 Å². The molecule has 0 radical (unpaired) electrons. The fourth-order valence-corrected chi connectivity index (χ4v) is 2.07. The van der Waals surface area contributed by atoms with E-state index in [1.807, 2.05) is 6.07 Å². The Bertz CT molecular complexity index is 521. The Balaban J connectivity index is 2.24. The molecule has 2 rings (SSSR count). The maximum absolute atomic E-state index is 13.4. The molecule has 18 heavy (non-hydrogen) atoms. The van der Waals surface area contributed by atoms with E-state index in [2.05, 4.69) is 31.3 Å². The van der Waals surface area contributed by atoms with Crippen molar-refractivity contribution in [3.05, 3.63) is 58.3 Å². The number of hydrazine groups is 1. The molecule has 0 saturated heterocycles. The van der Waals surface area contributed by atoms with Crippen molar-refractivity contribution >= 4 is 15.9 Å². The van der Waals surface area contributed by atoms with Crippen LogP contribution in [0.3, 0.4) is 0 Å². The SMILES string of the molecule is NNC(Cc1cccc(F)c1Br)c1ncccn1. The third-order valence-corrected chi connectivity index (χ3v) is 3.44. The number of rotatable bonds is 4. The van der Waals surface area contributed by atoms with Gasteiger partial charge >= 0.3 is 0 Å². The van der Waals surface area contributed by atoms with Crippen molar-refractivity contribution in [3.8, 4) is 0 Å². The summed E-state index contributed by atoms with van der Waals surface area (Å²) in [4.78, 5) is 8.27. The van der Waals surface area contributed by atoms with Crippen molar-refractivity contribution in [3.63, 3.8) is 0 Å². The molecule has 0 bridgehead atoms. The standard InChI is InChI=1S/C12H12BrFN4/c13-11-8(3-1-4-9(11)14)7-10(18-15)12-16-5-2-6-17-12/h1-6,10,18H,7,15H2. The Kier molecular flexibility index (Phi) is 4.35. The van der Waals surface area contributed by atoms with Crippen LogP contribution < -0.4 is 11.3 Å². The van der Waals surface area contributed by atoms with Crippen LogP contribution in [0.4, 0.5) is 4.39 Å². The van der Waals surface area contributed by atoms with Crippen molar-refractivity contribution in [2.75, 3.05) is 0 Å². The van der Waals surface area contributed by atoms with E-state index in [4.69, 9.17) is 5.84 Å². The maximum Gasteiger partial charge on any atom is 0.146 e. The van der Waals surface area contributed by atoms with Gasteiger partial charge in [-0.25, -0.2) is 19.8 Å². The Morgan fingerprint density at radius 3 is 2.67 bits per heavy atom. The summed E-state index contributed by atoms with van der Waals surface area (Å²) < 4.78 is 13.9. The Hall–Kier alpha value is -1.37. The first-order chi connectivity index (χ1) is 8.72. The fraction of sp³-hybridized carbons (Fsp3) is 0.167. The first-order valence-corrected chi connectivity index (χ1v) is 6.17. The number of nitrogens with zero attached hydrogens (tertiary/aromatic N) is 2. The summed E-state index contributed by atoms with van der Waals surface area (Å²) in [6.07, 6.45) is 3.79. The molecule has 2 aromatic rings. The number of hydrogen-bond donors (Lipinski definition) is 2. The number of nitrogens with one attached hydrogen (secondary N) is 1. The summed E-state index contributed by atoms with van der Waals surface area (Å²) in [5, 5.41) is 0. The molecular formula is C12H12BrFN4. The molecule has 0 fully saturated rings. The fourth-order valence-electron chi connectivity index (χ4n) is 1.64. The lowest BCUT2D eigenvalue weighted by Crippen LogP contribution is -2.31. The molecular weight excluding hydrogens is 299 g/mol. The van der Waals surface area contributed by atoms with E-state index in [9.17, 15) is 4.39 Å². The van der Waals surface area contributed by atoms with Gasteiger partial charge in [0.2, 0.25) is 0 Å². The third kappa shape index (κ3) is 2.90. The summed E-state index contributed by atoms with van der Waals surface area (Å²) >= 11 is 3.23. The van der Waals surface area contributed by atoms with Crippen LogP contribution in [0.2, 0.25) is 0 Å². The van der Waals surface area contributed by atoms with E-state index >= 15 is 0 Å². The van der Waals surface area contributed by atoms with Crippen LogP contribution in [0.5, 0.6) is 0 Å². The van der Waals surface area contributed by atoms with E-state index in [0.717, 1.165) is 5.56 Å². The zero-order valence-corrected chi connectivity index (χ0v) is 11.1. The molecule has 6 heteroatoms. The summed E-state index contributed by atoms with van der Waals surface area (Å²) in [5.41, 5.74) is 3.46. The zero-order valence-electron chi connectivity index (χ0n) is 9.48. The summed E-state index contributed by atoms with van der Waals surface area (Å²) in [7, 11) is 0. The van der Waals surface area contributed by atoms with Crippen LogP contribution in [-0.2, 0) is 6.42 Å². The average molecular weight is 311 g/mol. The first-order valence-electron chi connectivity index (χ1n) is 5.38. The van der Waals surface area contributed by atoms with Crippen molar-refractivity contribution in [2.24, 2.45) is 5.84 Å². The number of benzene rings is 1. The van der Waals surface area contributed by atoms with Gasteiger partial charge in [0.25, 0.3) is 0 Å². The van der Waals surface area contributed by atoms with E-state index in [1.165, 1.54) is 6.07 Å². The molecule has 0 aliphatic carbocycles. The van der Waals surface area contributed by atoms with Crippen molar-refractivity contribution in [1.82, 2.24) is 15.4 Å². The van der Waals surface area contributed by atoms with E-state index in [-0.39, 0.29) is 11.9 Å². The van der Waals surface area contributed by atoms with Crippen molar-refractivity contribution in [1.29, 1.82) is 0 Å². The van der Waals surface area contributed by atoms with Crippen LogP contribution in [0.25, 0.3) is 0 Å². The smallest absolute Gasteiger partial charge is 0.146 e. The van der Waals surface area contributed by atoms with Gasteiger partial charge in [-0.2, -0.15) is 0 Å². The summed E-state index contributed by atoms with van der Waals surface area (Å²) in [5.74, 6) is 5.79. The van der Waals surface area contributed by atoms with Gasteiger partial charge in [-0.05, 0) is 40.0 Å². The Morgan fingerprint density at radius 1 is 1.28 bits per heavy atom. The minimum Gasteiger partial charge on any atom is -0.271 e. The average Bonchev–Trinajstić information content (AvgIpc) is 2.41. The summed E-state index contributed by atoms with van der Waals surface area (Å²) in [6, 6.07) is 6.37. The van der Waals surface area contributed by atoms with Gasteiger partial charge in [0, 0.05) is 12.4 Å². The molecule has 3 N–H and O–H groups in total. The Morgan fingerprint density at radius 2 is 2.00 bits per heavy atom. The molecule has 0 aliphatic heterocycles. The largest absolute Gasteiger partial charge is 0.271 e. The minimum atomic E-state index is -0.294. The lowest BCUT2D eigenvalue weighted by Gasteiger charge is -2.15. The monoisotopic (exact) mass is 310 g/mol. The first kappa shape index (κ1) is 13.1. The van der Waals surface area contributed by atoms with E-state index in [1.54, 1.807) is 24.5 Å². The Labute approximate surface area is 113 Å². The van der Waals surface area contributed by atoms with Crippen LogP contribution >= 0.6 is 15.9 Å². The number of aromatic nitrogens is 2. The highest BCUT2D eigenvalue weighted by molar-refractivity contribution is 9.10. The normalized spacial score (nSPS) is 12.4. The topological polar surface area (TPSA) is 63.8 Å². The predicted molar refractivity (Wildman–Crippen MR) is 69.9 cm³/mol. The molecule has 94 valence electrons. The van der Waals surface area contributed by atoms with Gasteiger partial charge in [-0.15, -0.1) is 0 Å². The van der Waals surface area contributed by atoms with Crippen LogP contribution in [0.15, 0.2) is 41.1 Å². The zero-order chi connectivity index (χ0) is 13.0. The predicted octanol–water partition coefficient (Wildman–Crippen LogP) is 2.13. The lowest BCUT2D eigenvalue weighted by molar-refractivity contribution is 0.519. The van der Waals surface area contributed by atoms with Crippen molar-refractivity contribution in [2.45, 2.75) is 12.5 Å². The molecule has 1 aromatic heterocycles. The molecule has 1 atom stereocenters. The van der Waals surface area contributed by atoms with Gasteiger partial charge in [0.1, 0.15) is 11.6 Å². The molecule has 1 heterocycles. The van der Waals surface area contributed by atoms with Gasteiger partial charge in [0.15, 0.2) is 0 Å². The summed E-state index contributed by atoms with van der Waals surface area (Å²) in [6.45, 7) is 0. The van der Waals surface area contributed by atoms with Crippen LogP contribution in [-0.4, -0.2) is 9.97 Å². The van der Waals surface area contributed by atoms with E-state index in [0.29, 0.717) is 16.7 Å². The molecule has 0 aliphatic rings. The number of hydrogen-bond acceptors (Lipinski definition) is 4. The second-order valence-corrected chi connectivity index (χ2v) is 4.54. The molecule has 1 aromatic carbocycles. The van der Waals surface area contributed by atoms with Crippen molar-refractivity contribution < 1.29 is 4.39 Å². The minimum absolute atomic E-state index is 0.260. The van der Waals surface area contributed by atoms with Gasteiger partial charge in [-0.3, -0.25) is 5.84 Å².